The summed E-state index contributed by atoms with van der Waals surface area (Å²) in [5.74, 6) is 0. The van der Waals surface area contributed by atoms with Crippen LogP contribution in [0.1, 0.15) is 40.5 Å². The lowest BCUT2D eigenvalue weighted by Gasteiger charge is -2.40. The monoisotopic (exact) mass is 156 g/mol. The summed E-state index contributed by atoms with van der Waals surface area (Å²) in [4.78, 5) is 0. The van der Waals surface area contributed by atoms with Gasteiger partial charge in [-0.15, -0.1) is 0 Å². The van der Waals surface area contributed by atoms with Gasteiger partial charge in [0, 0.05) is 12.0 Å². The third-order valence-corrected chi connectivity index (χ3v) is 3.37. The van der Waals surface area contributed by atoms with Crippen LogP contribution in [0.15, 0.2) is 0 Å². The van der Waals surface area contributed by atoms with E-state index in [0.29, 0.717) is 10.8 Å². The molecule has 11 heavy (non-hydrogen) atoms. The van der Waals surface area contributed by atoms with Crippen molar-refractivity contribution in [3.05, 3.63) is 0 Å². The molecule has 1 fully saturated rings. The number of ether oxygens (including phenoxy) is 1. The zero-order chi connectivity index (χ0) is 8.54. The molecular weight excluding hydrogens is 136 g/mol. The predicted octanol–water partition coefficient (Wildman–Crippen LogP) is 2.85. The lowest BCUT2D eigenvalue weighted by atomic mass is 9.64. The van der Waals surface area contributed by atoms with Crippen LogP contribution >= 0.6 is 0 Å². The van der Waals surface area contributed by atoms with Crippen molar-refractivity contribution in [2.75, 3.05) is 13.2 Å². The van der Waals surface area contributed by atoms with Crippen molar-refractivity contribution in [1.82, 2.24) is 0 Å². The zero-order valence-electron chi connectivity index (χ0n) is 8.24. The van der Waals surface area contributed by atoms with Gasteiger partial charge >= 0.3 is 0 Å². The Morgan fingerprint density at radius 1 is 1.36 bits per heavy atom. The van der Waals surface area contributed by atoms with E-state index in [1.54, 1.807) is 0 Å². The van der Waals surface area contributed by atoms with Gasteiger partial charge < -0.3 is 4.74 Å². The van der Waals surface area contributed by atoms with Gasteiger partial charge in [0.15, 0.2) is 0 Å². The topological polar surface area (TPSA) is 9.23 Å². The number of hydrogen-bond acceptors (Lipinski definition) is 1. The highest BCUT2D eigenvalue weighted by molar-refractivity contribution is 4.91. The van der Waals surface area contributed by atoms with Crippen LogP contribution in [0.5, 0.6) is 0 Å². The normalized spacial score (nSPS) is 32.7. The van der Waals surface area contributed by atoms with Gasteiger partial charge in [0.25, 0.3) is 0 Å². The van der Waals surface area contributed by atoms with E-state index in [1.165, 1.54) is 12.8 Å². The van der Waals surface area contributed by atoms with Gasteiger partial charge in [0.2, 0.25) is 0 Å². The first-order valence-electron chi connectivity index (χ1n) is 4.60. The van der Waals surface area contributed by atoms with Crippen molar-refractivity contribution in [1.29, 1.82) is 0 Å². The first-order valence-corrected chi connectivity index (χ1v) is 4.60. The van der Waals surface area contributed by atoms with Gasteiger partial charge in [0.1, 0.15) is 0 Å². The molecule has 0 aliphatic carbocycles. The maximum atomic E-state index is 5.48. The minimum Gasteiger partial charge on any atom is -0.381 e. The fourth-order valence-electron chi connectivity index (χ4n) is 2.01. The second-order valence-corrected chi connectivity index (χ2v) is 4.69. The van der Waals surface area contributed by atoms with Gasteiger partial charge in [-0.25, -0.2) is 0 Å². The fourth-order valence-corrected chi connectivity index (χ4v) is 2.01. The average Bonchev–Trinajstić information content (AvgIpc) is 2.33. The maximum Gasteiger partial charge on any atom is 0.0528 e. The SMILES string of the molecule is CCC1(C(C)(C)C)CCOC1. The van der Waals surface area contributed by atoms with Crippen LogP contribution in [0.4, 0.5) is 0 Å². The summed E-state index contributed by atoms with van der Waals surface area (Å²) in [5, 5.41) is 0. The number of hydrogen-bond donors (Lipinski definition) is 0. The van der Waals surface area contributed by atoms with Crippen LogP contribution < -0.4 is 0 Å². The first-order chi connectivity index (χ1) is 5.02. The predicted molar refractivity (Wildman–Crippen MR) is 47.6 cm³/mol. The van der Waals surface area contributed by atoms with Gasteiger partial charge in [-0.1, -0.05) is 27.7 Å². The molecule has 1 heterocycles. The van der Waals surface area contributed by atoms with E-state index in [0.717, 1.165) is 13.2 Å². The summed E-state index contributed by atoms with van der Waals surface area (Å²) in [5.41, 5.74) is 0.852. The highest BCUT2D eigenvalue weighted by atomic mass is 16.5. The van der Waals surface area contributed by atoms with E-state index in [9.17, 15) is 0 Å². The van der Waals surface area contributed by atoms with Crippen molar-refractivity contribution < 1.29 is 4.74 Å². The van der Waals surface area contributed by atoms with Crippen molar-refractivity contribution in [3.8, 4) is 0 Å². The second-order valence-electron chi connectivity index (χ2n) is 4.69. The summed E-state index contributed by atoms with van der Waals surface area (Å²) >= 11 is 0. The first kappa shape index (κ1) is 9.05. The lowest BCUT2D eigenvalue weighted by Crippen LogP contribution is -2.35. The third kappa shape index (κ3) is 1.44. The van der Waals surface area contributed by atoms with E-state index in [4.69, 9.17) is 4.74 Å². The van der Waals surface area contributed by atoms with Crippen molar-refractivity contribution in [2.45, 2.75) is 40.5 Å². The molecule has 0 saturated carbocycles. The molecule has 0 bridgehead atoms. The summed E-state index contributed by atoms with van der Waals surface area (Å²) in [6, 6.07) is 0. The molecule has 1 aliphatic heterocycles. The van der Waals surface area contributed by atoms with E-state index < -0.39 is 0 Å². The van der Waals surface area contributed by atoms with Gasteiger partial charge in [-0.3, -0.25) is 0 Å². The van der Waals surface area contributed by atoms with Crippen molar-refractivity contribution >= 4 is 0 Å². The summed E-state index contributed by atoms with van der Waals surface area (Å²) in [7, 11) is 0. The Hall–Kier alpha value is -0.0400. The van der Waals surface area contributed by atoms with Gasteiger partial charge in [-0.05, 0) is 18.3 Å². The minimum atomic E-state index is 0.401. The molecule has 1 nitrogen and oxygen atoms in total. The van der Waals surface area contributed by atoms with E-state index in [2.05, 4.69) is 27.7 Å². The minimum absolute atomic E-state index is 0.401. The molecule has 1 saturated heterocycles. The molecule has 1 unspecified atom stereocenters. The molecule has 1 rings (SSSR count). The quantitative estimate of drug-likeness (QED) is 0.567. The molecule has 0 aromatic heterocycles. The zero-order valence-corrected chi connectivity index (χ0v) is 8.24. The van der Waals surface area contributed by atoms with Gasteiger partial charge in [-0.2, -0.15) is 0 Å². The van der Waals surface area contributed by atoms with Crippen LogP contribution in [-0.2, 0) is 4.74 Å². The van der Waals surface area contributed by atoms with Crippen molar-refractivity contribution in [3.63, 3.8) is 0 Å². The Morgan fingerprint density at radius 3 is 2.18 bits per heavy atom. The standard InChI is InChI=1S/C10H20O/c1-5-10(9(2,3)4)6-7-11-8-10/h5-8H2,1-4H3. The summed E-state index contributed by atoms with van der Waals surface area (Å²) < 4.78 is 5.48. The molecule has 0 aromatic carbocycles. The smallest absolute Gasteiger partial charge is 0.0528 e. The molecule has 0 amide bonds. The van der Waals surface area contributed by atoms with Gasteiger partial charge in [0.05, 0.1) is 6.61 Å². The summed E-state index contributed by atoms with van der Waals surface area (Å²) in [6.07, 6.45) is 2.49. The van der Waals surface area contributed by atoms with E-state index in [1.807, 2.05) is 0 Å². The molecule has 1 heteroatoms. The Morgan fingerprint density at radius 2 is 2.00 bits per heavy atom. The van der Waals surface area contributed by atoms with Crippen molar-refractivity contribution in [2.24, 2.45) is 10.8 Å². The molecule has 0 radical (unpaired) electrons. The average molecular weight is 156 g/mol. The van der Waals surface area contributed by atoms with E-state index in [-0.39, 0.29) is 0 Å². The Bertz CT molecular complexity index is 126. The van der Waals surface area contributed by atoms with Crippen LogP contribution in [0.2, 0.25) is 0 Å². The summed E-state index contributed by atoms with van der Waals surface area (Å²) in [6.45, 7) is 11.2. The Labute approximate surface area is 70.1 Å². The molecule has 0 spiro atoms. The molecule has 66 valence electrons. The third-order valence-electron chi connectivity index (χ3n) is 3.37. The molecule has 0 aromatic rings. The highest BCUT2D eigenvalue weighted by Gasteiger charge is 2.43. The largest absolute Gasteiger partial charge is 0.381 e. The molecular formula is C10H20O. The molecule has 1 aliphatic rings. The number of rotatable bonds is 1. The van der Waals surface area contributed by atoms with Crippen LogP contribution in [0.3, 0.4) is 0 Å². The van der Waals surface area contributed by atoms with Crippen LogP contribution in [-0.4, -0.2) is 13.2 Å². The second kappa shape index (κ2) is 2.78. The molecule has 0 N–H and O–H groups in total. The fraction of sp³-hybridized carbons (Fsp3) is 1.00. The lowest BCUT2D eigenvalue weighted by molar-refractivity contribution is 0.0568. The maximum absolute atomic E-state index is 5.48. The highest BCUT2D eigenvalue weighted by Crippen LogP contribution is 2.47. The van der Waals surface area contributed by atoms with Crippen LogP contribution in [0, 0.1) is 10.8 Å². The van der Waals surface area contributed by atoms with Crippen LogP contribution in [0.25, 0.3) is 0 Å². The molecule has 1 atom stereocenters. The Kier molecular flexibility index (Phi) is 2.29. The van der Waals surface area contributed by atoms with E-state index >= 15 is 0 Å². The Balaban J connectivity index is 2.75.